The molecule has 7 nitrogen and oxygen atoms in total. The highest BCUT2D eigenvalue weighted by atomic mass is 32.2. The standard InChI is InChI=1S/C27H26N2O5S/c1-16-5-10-21(17(2)11-16)24-15-34-26-14-25(33-4)22(13-23(24)26)18(3)12-27(30)29-19-6-8-20(9-7-19)35(28,31)32/h5-15H,1-4H3,(H,29,30)(H2,28,31,32)/b18-12+. The minimum Gasteiger partial charge on any atom is -0.496 e. The molecule has 0 radical (unpaired) electrons. The van der Waals surface area contributed by atoms with Crippen molar-refractivity contribution in [3.8, 4) is 16.9 Å². The number of amides is 1. The van der Waals surface area contributed by atoms with Gasteiger partial charge in [0.2, 0.25) is 15.9 Å². The van der Waals surface area contributed by atoms with Crippen molar-refractivity contribution in [2.75, 3.05) is 12.4 Å². The molecule has 3 N–H and O–H groups in total. The van der Waals surface area contributed by atoms with Crippen molar-refractivity contribution < 1.29 is 22.4 Å². The van der Waals surface area contributed by atoms with Crippen LogP contribution in [-0.2, 0) is 14.8 Å². The van der Waals surface area contributed by atoms with Crippen molar-refractivity contribution in [3.63, 3.8) is 0 Å². The van der Waals surface area contributed by atoms with Crippen LogP contribution in [0.1, 0.15) is 23.6 Å². The molecule has 4 rings (SSSR count). The molecule has 0 aliphatic heterocycles. The molecule has 3 aromatic carbocycles. The van der Waals surface area contributed by atoms with Gasteiger partial charge in [0.1, 0.15) is 11.3 Å². The van der Waals surface area contributed by atoms with Crippen molar-refractivity contribution >= 4 is 38.2 Å². The first kappa shape index (κ1) is 24.3. The van der Waals surface area contributed by atoms with Gasteiger partial charge in [-0.25, -0.2) is 13.6 Å². The van der Waals surface area contributed by atoms with E-state index in [1.165, 1.54) is 35.9 Å². The van der Waals surface area contributed by atoms with E-state index in [9.17, 15) is 13.2 Å². The zero-order valence-corrected chi connectivity index (χ0v) is 20.7. The van der Waals surface area contributed by atoms with E-state index in [-0.39, 0.29) is 10.8 Å². The van der Waals surface area contributed by atoms with E-state index in [1.807, 2.05) is 19.1 Å². The SMILES string of the molecule is COc1cc2occ(-c3ccc(C)cc3C)c2cc1/C(C)=C/C(=O)Nc1ccc(S(N)(=O)=O)cc1. The molecule has 0 saturated carbocycles. The summed E-state index contributed by atoms with van der Waals surface area (Å²) >= 11 is 0. The third-order valence-electron chi connectivity index (χ3n) is 5.79. The summed E-state index contributed by atoms with van der Waals surface area (Å²) in [6, 6.07) is 15.7. The maximum absolute atomic E-state index is 12.7. The summed E-state index contributed by atoms with van der Waals surface area (Å²) in [7, 11) is -2.23. The summed E-state index contributed by atoms with van der Waals surface area (Å²) in [6.07, 6.45) is 3.21. The number of sulfonamides is 1. The Labute approximate surface area is 204 Å². The maximum Gasteiger partial charge on any atom is 0.248 e. The van der Waals surface area contributed by atoms with Crippen LogP contribution in [0.5, 0.6) is 5.75 Å². The molecule has 0 atom stereocenters. The van der Waals surface area contributed by atoms with Gasteiger partial charge in [0.15, 0.2) is 0 Å². The molecule has 8 heteroatoms. The first-order valence-corrected chi connectivity index (χ1v) is 12.4. The number of methoxy groups -OCH3 is 1. The Morgan fingerprint density at radius 1 is 1.03 bits per heavy atom. The highest BCUT2D eigenvalue weighted by Crippen LogP contribution is 2.38. The molecule has 0 unspecified atom stereocenters. The lowest BCUT2D eigenvalue weighted by molar-refractivity contribution is -0.111. The summed E-state index contributed by atoms with van der Waals surface area (Å²) in [6.45, 7) is 5.95. The Kier molecular flexibility index (Phi) is 6.51. The van der Waals surface area contributed by atoms with Crippen LogP contribution in [-0.4, -0.2) is 21.4 Å². The summed E-state index contributed by atoms with van der Waals surface area (Å²) in [5.41, 5.74) is 6.95. The monoisotopic (exact) mass is 490 g/mol. The van der Waals surface area contributed by atoms with Crippen LogP contribution >= 0.6 is 0 Å². The van der Waals surface area contributed by atoms with Gasteiger partial charge in [-0.15, -0.1) is 0 Å². The van der Waals surface area contributed by atoms with E-state index in [0.717, 1.165) is 27.6 Å². The molecule has 0 spiro atoms. The highest BCUT2D eigenvalue weighted by molar-refractivity contribution is 7.89. The van der Waals surface area contributed by atoms with Gasteiger partial charge >= 0.3 is 0 Å². The molecule has 1 amide bonds. The molecule has 0 aliphatic carbocycles. The fraction of sp³-hybridized carbons (Fsp3) is 0.148. The van der Waals surface area contributed by atoms with E-state index >= 15 is 0 Å². The molecule has 0 aliphatic rings. The van der Waals surface area contributed by atoms with E-state index in [2.05, 4.69) is 37.4 Å². The molecule has 0 bridgehead atoms. The second-order valence-electron chi connectivity index (χ2n) is 8.40. The van der Waals surface area contributed by atoms with Crippen LogP contribution in [0.4, 0.5) is 5.69 Å². The maximum atomic E-state index is 12.7. The molecule has 35 heavy (non-hydrogen) atoms. The number of rotatable bonds is 6. The number of nitrogens with two attached hydrogens (primary N) is 1. The number of benzene rings is 3. The first-order chi connectivity index (χ1) is 16.6. The number of aryl methyl sites for hydroxylation is 2. The van der Waals surface area contributed by atoms with Gasteiger partial charge in [-0.3, -0.25) is 4.79 Å². The number of carbonyl (C=O) groups excluding carboxylic acids is 1. The van der Waals surface area contributed by atoms with Crippen molar-refractivity contribution in [3.05, 3.63) is 83.6 Å². The largest absolute Gasteiger partial charge is 0.496 e. The number of hydrogen-bond acceptors (Lipinski definition) is 5. The summed E-state index contributed by atoms with van der Waals surface area (Å²) in [5, 5.41) is 8.76. The number of furan rings is 1. The lowest BCUT2D eigenvalue weighted by Crippen LogP contribution is -2.12. The zero-order chi connectivity index (χ0) is 25.3. The lowest BCUT2D eigenvalue weighted by Gasteiger charge is -2.11. The Hall–Kier alpha value is -3.88. The summed E-state index contributed by atoms with van der Waals surface area (Å²) in [5.74, 6) is 0.216. The Morgan fingerprint density at radius 3 is 2.37 bits per heavy atom. The fourth-order valence-corrected chi connectivity index (χ4v) is 4.55. The Bertz CT molecular complexity index is 1570. The molecule has 0 fully saturated rings. The highest BCUT2D eigenvalue weighted by Gasteiger charge is 2.16. The number of allylic oxidation sites excluding steroid dienone is 1. The summed E-state index contributed by atoms with van der Waals surface area (Å²) < 4.78 is 34.2. The second kappa shape index (κ2) is 9.40. The first-order valence-electron chi connectivity index (χ1n) is 10.9. The predicted octanol–water partition coefficient (Wildman–Crippen LogP) is 5.41. The van der Waals surface area contributed by atoms with E-state index < -0.39 is 10.0 Å². The van der Waals surface area contributed by atoms with Crippen molar-refractivity contribution in [1.29, 1.82) is 0 Å². The van der Waals surface area contributed by atoms with Crippen molar-refractivity contribution in [1.82, 2.24) is 0 Å². The van der Waals surface area contributed by atoms with Gasteiger partial charge in [-0.2, -0.15) is 0 Å². The normalized spacial score (nSPS) is 12.1. The average molecular weight is 491 g/mol. The van der Waals surface area contributed by atoms with E-state index in [4.69, 9.17) is 14.3 Å². The Morgan fingerprint density at radius 2 is 1.74 bits per heavy atom. The second-order valence-corrected chi connectivity index (χ2v) is 9.96. The topological polar surface area (TPSA) is 112 Å². The molecule has 4 aromatic rings. The fourth-order valence-electron chi connectivity index (χ4n) is 4.04. The van der Waals surface area contributed by atoms with E-state index in [1.54, 1.807) is 13.4 Å². The third kappa shape index (κ3) is 5.13. The number of hydrogen-bond donors (Lipinski definition) is 2. The summed E-state index contributed by atoms with van der Waals surface area (Å²) in [4.78, 5) is 12.6. The van der Waals surface area contributed by atoms with Gasteiger partial charge in [0, 0.05) is 34.3 Å². The number of ether oxygens (including phenoxy) is 1. The number of primary sulfonamides is 1. The van der Waals surface area contributed by atoms with Crippen LogP contribution in [0, 0.1) is 13.8 Å². The van der Waals surface area contributed by atoms with Crippen LogP contribution in [0.3, 0.4) is 0 Å². The van der Waals surface area contributed by atoms with Gasteiger partial charge in [-0.05, 0) is 67.8 Å². The molecular weight excluding hydrogens is 464 g/mol. The molecule has 1 aromatic heterocycles. The predicted molar refractivity (Wildman–Crippen MR) is 138 cm³/mol. The van der Waals surface area contributed by atoms with Gasteiger partial charge in [0.05, 0.1) is 18.3 Å². The zero-order valence-electron chi connectivity index (χ0n) is 19.9. The molecule has 1 heterocycles. The van der Waals surface area contributed by atoms with Crippen LogP contribution in [0.25, 0.3) is 27.7 Å². The number of anilines is 1. The minimum absolute atomic E-state index is 0.0278. The third-order valence-corrected chi connectivity index (χ3v) is 6.72. The average Bonchev–Trinajstić information content (AvgIpc) is 3.20. The Balaban J connectivity index is 1.67. The lowest BCUT2D eigenvalue weighted by atomic mass is 9.96. The van der Waals surface area contributed by atoms with Gasteiger partial charge < -0.3 is 14.5 Å². The minimum atomic E-state index is -3.80. The van der Waals surface area contributed by atoms with Crippen LogP contribution in [0.15, 0.2) is 76.2 Å². The molecular formula is C27H26N2O5S. The smallest absolute Gasteiger partial charge is 0.248 e. The van der Waals surface area contributed by atoms with Crippen LogP contribution in [0.2, 0.25) is 0 Å². The van der Waals surface area contributed by atoms with Crippen molar-refractivity contribution in [2.24, 2.45) is 5.14 Å². The number of fused-ring (bicyclic) bond motifs is 1. The van der Waals surface area contributed by atoms with Gasteiger partial charge in [0.25, 0.3) is 0 Å². The number of carbonyl (C=O) groups is 1. The van der Waals surface area contributed by atoms with E-state index in [0.29, 0.717) is 22.6 Å². The molecule has 0 saturated heterocycles. The number of nitrogens with one attached hydrogen (secondary N) is 1. The quantitative estimate of drug-likeness (QED) is 0.351. The van der Waals surface area contributed by atoms with Crippen molar-refractivity contribution in [2.45, 2.75) is 25.7 Å². The van der Waals surface area contributed by atoms with Crippen LogP contribution < -0.4 is 15.2 Å². The molecule has 180 valence electrons. The van der Waals surface area contributed by atoms with Gasteiger partial charge in [-0.1, -0.05) is 23.8 Å².